The summed E-state index contributed by atoms with van der Waals surface area (Å²) in [5, 5.41) is 19.4. The zero-order valence-corrected chi connectivity index (χ0v) is 9.58. The number of nitrogens with zero attached hydrogens (tertiary/aromatic N) is 1. The van der Waals surface area contributed by atoms with Crippen molar-refractivity contribution >= 4 is 5.97 Å². The highest BCUT2D eigenvalue weighted by molar-refractivity contribution is 5.72. The van der Waals surface area contributed by atoms with Gasteiger partial charge in [-0.15, -0.1) is 0 Å². The molecule has 0 aliphatic carbocycles. The Labute approximate surface area is 94.2 Å². The van der Waals surface area contributed by atoms with Gasteiger partial charge in [0, 0.05) is 18.2 Å². The second-order valence-electron chi connectivity index (χ2n) is 4.39. The van der Waals surface area contributed by atoms with Crippen molar-refractivity contribution in [2.75, 3.05) is 13.1 Å². The lowest BCUT2D eigenvalue weighted by molar-refractivity contribution is -0.142. The molecule has 1 aromatic rings. The summed E-state index contributed by atoms with van der Waals surface area (Å²) in [4.78, 5) is 11.2. The molecule has 5 nitrogen and oxygen atoms in total. The summed E-state index contributed by atoms with van der Waals surface area (Å²) in [6, 6.07) is 0. The molecule has 0 spiro atoms. The lowest BCUT2D eigenvalue weighted by atomic mass is 9.80. The van der Waals surface area contributed by atoms with E-state index < -0.39 is 5.97 Å². The largest absolute Gasteiger partial charge is 0.481 e. The summed E-state index contributed by atoms with van der Waals surface area (Å²) in [6.45, 7) is 5.30. The summed E-state index contributed by atoms with van der Waals surface area (Å²) in [5.74, 6) is -0.988. The molecule has 2 atom stereocenters. The Balaban J connectivity index is 2.33. The predicted molar refractivity (Wildman–Crippen MR) is 59.4 cm³/mol. The molecule has 0 radical (unpaired) electrons. The molecule has 0 aromatic carbocycles. The van der Waals surface area contributed by atoms with Crippen LogP contribution in [0.5, 0.6) is 0 Å². The summed E-state index contributed by atoms with van der Waals surface area (Å²) >= 11 is 0. The highest BCUT2D eigenvalue weighted by atomic mass is 16.4. The van der Waals surface area contributed by atoms with Gasteiger partial charge in [-0.3, -0.25) is 9.89 Å². The Morgan fingerprint density at radius 2 is 2.25 bits per heavy atom. The van der Waals surface area contributed by atoms with Crippen molar-refractivity contribution in [3.05, 3.63) is 17.0 Å². The fraction of sp³-hybridized carbons (Fsp3) is 0.636. The number of piperidine rings is 1. The van der Waals surface area contributed by atoms with Gasteiger partial charge in [-0.05, 0) is 32.4 Å². The maximum absolute atomic E-state index is 11.2. The first-order valence-corrected chi connectivity index (χ1v) is 5.56. The number of H-pyrrole nitrogens is 1. The van der Waals surface area contributed by atoms with Crippen LogP contribution in [0.15, 0.2) is 0 Å². The number of rotatable bonds is 2. The first-order valence-electron chi connectivity index (χ1n) is 5.56. The van der Waals surface area contributed by atoms with Gasteiger partial charge in [0.2, 0.25) is 0 Å². The van der Waals surface area contributed by atoms with E-state index in [1.54, 1.807) is 0 Å². The number of hydrogen-bond donors (Lipinski definition) is 3. The molecule has 5 heteroatoms. The standard InChI is InChI=1S/C11H17N3O2/c1-6-10(7(2)14-13-6)8-3-4-12-5-9(8)11(15)16/h8-9,12H,3-5H2,1-2H3,(H,13,14)(H,15,16). The molecular formula is C11H17N3O2. The van der Waals surface area contributed by atoms with Crippen LogP contribution in [-0.2, 0) is 4.79 Å². The van der Waals surface area contributed by atoms with Crippen LogP contribution in [0.25, 0.3) is 0 Å². The number of carbonyl (C=O) groups is 1. The third-order valence-corrected chi connectivity index (χ3v) is 3.36. The van der Waals surface area contributed by atoms with E-state index in [-0.39, 0.29) is 11.8 Å². The topological polar surface area (TPSA) is 78.0 Å². The molecule has 1 fully saturated rings. The summed E-state index contributed by atoms with van der Waals surface area (Å²) in [5.41, 5.74) is 3.01. The highest BCUT2D eigenvalue weighted by Crippen LogP contribution is 2.33. The minimum atomic E-state index is -0.725. The number of nitrogens with one attached hydrogen (secondary N) is 2. The fourth-order valence-corrected chi connectivity index (χ4v) is 2.57. The van der Waals surface area contributed by atoms with E-state index in [0.717, 1.165) is 29.9 Å². The van der Waals surface area contributed by atoms with Crippen molar-refractivity contribution in [3.63, 3.8) is 0 Å². The van der Waals surface area contributed by atoms with Crippen LogP contribution in [0.1, 0.15) is 29.3 Å². The van der Waals surface area contributed by atoms with Gasteiger partial charge in [0.1, 0.15) is 0 Å². The monoisotopic (exact) mass is 223 g/mol. The molecule has 2 unspecified atom stereocenters. The average Bonchev–Trinajstić information content (AvgIpc) is 2.58. The molecule has 1 saturated heterocycles. The van der Waals surface area contributed by atoms with Gasteiger partial charge in [0.15, 0.2) is 0 Å². The van der Waals surface area contributed by atoms with Crippen LogP contribution in [0.2, 0.25) is 0 Å². The Hall–Kier alpha value is -1.36. The second-order valence-corrected chi connectivity index (χ2v) is 4.39. The molecule has 0 saturated carbocycles. The minimum absolute atomic E-state index is 0.0810. The minimum Gasteiger partial charge on any atom is -0.481 e. The van der Waals surface area contributed by atoms with Crippen molar-refractivity contribution in [2.24, 2.45) is 5.92 Å². The van der Waals surface area contributed by atoms with Crippen LogP contribution in [0.4, 0.5) is 0 Å². The number of aryl methyl sites for hydroxylation is 2. The quantitative estimate of drug-likeness (QED) is 0.693. The summed E-state index contributed by atoms with van der Waals surface area (Å²) in [6.07, 6.45) is 0.859. The maximum atomic E-state index is 11.2. The van der Waals surface area contributed by atoms with Crippen LogP contribution in [0, 0.1) is 19.8 Å². The van der Waals surface area contributed by atoms with E-state index in [0.29, 0.717) is 6.54 Å². The van der Waals surface area contributed by atoms with Crippen LogP contribution >= 0.6 is 0 Å². The molecular weight excluding hydrogens is 206 g/mol. The first kappa shape index (κ1) is 11.1. The van der Waals surface area contributed by atoms with E-state index in [9.17, 15) is 9.90 Å². The van der Waals surface area contributed by atoms with Crippen molar-refractivity contribution in [3.8, 4) is 0 Å². The molecule has 1 aromatic heterocycles. The SMILES string of the molecule is Cc1n[nH]c(C)c1C1CCNCC1C(=O)O. The second kappa shape index (κ2) is 4.25. The van der Waals surface area contributed by atoms with E-state index >= 15 is 0 Å². The predicted octanol–water partition coefficient (Wildman–Crippen LogP) is 0.804. The molecule has 2 heterocycles. The summed E-state index contributed by atoms with van der Waals surface area (Å²) < 4.78 is 0. The third kappa shape index (κ3) is 1.82. The van der Waals surface area contributed by atoms with E-state index in [1.807, 2.05) is 13.8 Å². The van der Waals surface area contributed by atoms with E-state index in [4.69, 9.17) is 0 Å². The van der Waals surface area contributed by atoms with Gasteiger partial charge in [-0.2, -0.15) is 5.10 Å². The van der Waals surface area contributed by atoms with Crippen molar-refractivity contribution in [1.29, 1.82) is 0 Å². The molecule has 0 bridgehead atoms. The number of carboxylic acid groups (broad SMARTS) is 1. The van der Waals surface area contributed by atoms with Gasteiger partial charge < -0.3 is 10.4 Å². The van der Waals surface area contributed by atoms with Crippen molar-refractivity contribution in [1.82, 2.24) is 15.5 Å². The zero-order chi connectivity index (χ0) is 11.7. The Kier molecular flexibility index (Phi) is 2.96. The lowest BCUT2D eigenvalue weighted by Gasteiger charge is -2.29. The molecule has 1 aliphatic heterocycles. The average molecular weight is 223 g/mol. The molecule has 88 valence electrons. The fourth-order valence-electron chi connectivity index (χ4n) is 2.57. The van der Waals surface area contributed by atoms with Crippen LogP contribution in [-0.4, -0.2) is 34.4 Å². The van der Waals surface area contributed by atoms with Crippen molar-refractivity contribution < 1.29 is 9.90 Å². The highest BCUT2D eigenvalue weighted by Gasteiger charge is 2.34. The van der Waals surface area contributed by atoms with E-state index in [1.165, 1.54) is 0 Å². The van der Waals surface area contributed by atoms with Gasteiger partial charge in [-0.1, -0.05) is 0 Å². The van der Waals surface area contributed by atoms with Gasteiger partial charge in [0.25, 0.3) is 0 Å². The smallest absolute Gasteiger partial charge is 0.308 e. The number of hydrogen-bond acceptors (Lipinski definition) is 3. The Bertz CT molecular complexity index is 380. The number of aromatic amines is 1. The molecule has 16 heavy (non-hydrogen) atoms. The molecule has 1 aliphatic rings. The molecule has 3 N–H and O–H groups in total. The van der Waals surface area contributed by atoms with Gasteiger partial charge in [0.05, 0.1) is 11.6 Å². The van der Waals surface area contributed by atoms with E-state index in [2.05, 4.69) is 15.5 Å². The zero-order valence-electron chi connectivity index (χ0n) is 9.58. The van der Waals surface area contributed by atoms with Crippen LogP contribution in [0.3, 0.4) is 0 Å². The lowest BCUT2D eigenvalue weighted by Crippen LogP contribution is -2.40. The normalized spacial score (nSPS) is 25.6. The van der Waals surface area contributed by atoms with Crippen LogP contribution < -0.4 is 5.32 Å². The molecule has 0 amide bonds. The third-order valence-electron chi connectivity index (χ3n) is 3.36. The molecule has 2 rings (SSSR count). The van der Waals surface area contributed by atoms with Gasteiger partial charge >= 0.3 is 5.97 Å². The van der Waals surface area contributed by atoms with Gasteiger partial charge in [-0.25, -0.2) is 0 Å². The Morgan fingerprint density at radius 1 is 1.50 bits per heavy atom. The first-order chi connectivity index (χ1) is 7.61. The number of carboxylic acids is 1. The summed E-state index contributed by atoms with van der Waals surface area (Å²) in [7, 11) is 0. The number of aliphatic carboxylic acids is 1. The van der Waals surface area contributed by atoms with Crippen molar-refractivity contribution in [2.45, 2.75) is 26.2 Å². The number of aromatic nitrogens is 2. The Morgan fingerprint density at radius 3 is 2.81 bits per heavy atom. The maximum Gasteiger partial charge on any atom is 0.308 e.